The van der Waals surface area contributed by atoms with Crippen LogP contribution in [0.25, 0.3) is 0 Å². The van der Waals surface area contributed by atoms with Gasteiger partial charge in [-0.05, 0) is 38.6 Å². The summed E-state index contributed by atoms with van der Waals surface area (Å²) in [6.07, 6.45) is 5.04. The van der Waals surface area contributed by atoms with Gasteiger partial charge in [0.15, 0.2) is 0 Å². The Morgan fingerprint density at radius 2 is 2.17 bits per heavy atom. The molecule has 18 heavy (non-hydrogen) atoms. The number of nitrogens with zero attached hydrogens (tertiary/aromatic N) is 1. The van der Waals surface area contributed by atoms with Gasteiger partial charge < -0.3 is 10.2 Å². The molecule has 1 saturated heterocycles. The molecule has 1 N–H and O–H groups in total. The van der Waals surface area contributed by atoms with Crippen LogP contribution >= 0.6 is 12.6 Å². The first-order valence-electron chi connectivity index (χ1n) is 7.22. The summed E-state index contributed by atoms with van der Waals surface area (Å²) >= 11 is 4.32. The van der Waals surface area contributed by atoms with E-state index in [1.807, 2.05) is 13.8 Å². The van der Waals surface area contributed by atoms with Crippen LogP contribution in [0.1, 0.15) is 46.5 Å². The SMILES string of the molecule is CC(C)C(S)C(=O)NCCCN1CCCCC1C. The molecule has 1 heterocycles. The molecule has 4 heteroatoms. The summed E-state index contributed by atoms with van der Waals surface area (Å²) in [6, 6.07) is 0.711. The molecule has 1 aliphatic rings. The van der Waals surface area contributed by atoms with Crippen LogP contribution in [0.3, 0.4) is 0 Å². The molecule has 1 rings (SSSR count). The lowest BCUT2D eigenvalue weighted by Crippen LogP contribution is -2.40. The van der Waals surface area contributed by atoms with E-state index in [2.05, 4.69) is 29.8 Å². The highest BCUT2D eigenvalue weighted by molar-refractivity contribution is 7.81. The van der Waals surface area contributed by atoms with Crippen molar-refractivity contribution in [3.63, 3.8) is 0 Å². The maximum absolute atomic E-state index is 11.7. The van der Waals surface area contributed by atoms with Crippen molar-refractivity contribution in [2.24, 2.45) is 5.92 Å². The fourth-order valence-corrected chi connectivity index (χ4v) is 2.48. The number of nitrogens with one attached hydrogen (secondary N) is 1. The maximum Gasteiger partial charge on any atom is 0.233 e. The largest absolute Gasteiger partial charge is 0.355 e. The van der Waals surface area contributed by atoms with Crippen LogP contribution in [0.4, 0.5) is 0 Å². The van der Waals surface area contributed by atoms with Crippen molar-refractivity contribution < 1.29 is 4.79 Å². The Bertz CT molecular complexity index is 258. The summed E-state index contributed by atoms with van der Waals surface area (Å²) in [5.41, 5.74) is 0. The van der Waals surface area contributed by atoms with Crippen LogP contribution in [0.5, 0.6) is 0 Å². The van der Waals surface area contributed by atoms with E-state index in [-0.39, 0.29) is 17.1 Å². The highest BCUT2D eigenvalue weighted by Gasteiger charge is 2.19. The van der Waals surface area contributed by atoms with E-state index in [1.165, 1.54) is 25.8 Å². The Balaban J connectivity index is 2.12. The lowest BCUT2D eigenvalue weighted by atomic mass is 10.0. The van der Waals surface area contributed by atoms with Crippen molar-refractivity contribution in [2.45, 2.75) is 57.7 Å². The predicted molar refractivity (Wildman–Crippen MR) is 80.1 cm³/mol. The molecule has 0 bridgehead atoms. The summed E-state index contributed by atoms with van der Waals surface area (Å²) in [4.78, 5) is 14.2. The third-order valence-electron chi connectivity index (χ3n) is 3.76. The lowest BCUT2D eigenvalue weighted by Gasteiger charge is -2.33. The Labute approximate surface area is 117 Å². The van der Waals surface area contributed by atoms with Crippen molar-refractivity contribution in [3.8, 4) is 0 Å². The van der Waals surface area contributed by atoms with Gasteiger partial charge in [0.05, 0.1) is 5.25 Å². The zero-order valence-electron chi connectivity index (χ0n) is 12.0. The molecule has 2 atom stereocenters. The Kier molecular flexibility index (Phi) is 7.08. The van der Waals surface area contributed by atoms with E-state index in [0.717, 1.165) is 19.5 Å². The van der Waals surface area contributed by atoms with Crippen LogP contribution in [-0.4, -0.2) is 41.7 Å². The zero-order chi connectivity index (χ0) is 13.5. The number of rotatable bonds is 6. The summed E-state index contributed by atoms with van der Waals surface area (Å²) in [5, 5.41) is 2.79. The predicted octanol–water partition coefficient (Wildman–Crippen LogP) is 2.32. The van der Waals surface area contributed by atoms with E-state index in [9.17, 15) is 4.79 Å². The van der Waals surface area contributed by atoms with E-state index in [0.29, 0.717) is 6.04 Å². The molecule has 1 fully saturated rings. The molecule has 0 aliphatic carbocycles. The second-order valence-corrected chi connectivity index (χ2v) is 6.27. The lowest BCUT2D eigenvalue weighted by molar-refractivity contribution is -0.121. The number of piperidine rings is 1. The molecule has 1 aliphatic heterocycles. The summed E-state index contributed by atoms with van der Waals surface area (Å²) in [5.74, 6) is 0.357. The van der Waals surface area contributed by atoms with Crippen molar-refractivity contribution in [2.75, 3.05) is 19.6 Å². The molecule has 0 spiro atoms. The van der Waals surface area contributed by atoms with Gasteiger partial charge in [0.2, 0.25) is 5.91 Å². The molecule has 1 amide bonds. The van der Waals surface area contributed by atoms with E-state index in [4.69, 9.17) is 0 Å². The monoisotopic (exact) mass is 272 g/mol. The smallest absolute Gasteiger partial charge is 0.233 e. The minimum atomic E-state index is -0.182. The Morgan fingerprint density at radius 3 is 2.78 bits per heavy atom. The van der Waals surface area contributed by atoms with Gasteiger partial charge >= 0.3 is 0 Å². The van der Waals surface area contributed by atoms with Gasteiger partial charge in [-0.1, -0.05) is 20.3 Å². The van der Waals surface area contributed by atoms with E-state index < -0.39 is 0 Å². The van der Waals surface area contributed by atoms with Crippen molar-refractivity contribution in [1.29, 1.82) is 0 Å². The molecular weight excluding hydrogens is 244 g/mol. The van der Waals surface area contributed by atoms with Crippen LogP contribution in [0.15, 0.2) is 0 Å². The highest BCUT2D eigenvalue weighted by Crippen LogP contribution is 2.16. The molecule has 0 aromatic rings. The van der Waals surface area contributed by atoms with E-state index in [1.54, 1.807) is 0 Å². The number of hydrogen-bond donors (Lipinski definition) is 2. The van der Waals surface area contributed by atoms with E-state index >= 15 is 0 Å². The van der Waals surface area contributed by atoms with Gasteiger partial charge in [-0.25, -0.2) is 0 Å². The van der Waals surface area contributed by atoms with Crippen molar-refractivity contribution in [3.05, 3.63) is 0 Å². The topological polar surface area (TPSA) is 32.3 Å². The first kappa shape index (κ1) is 15.8. The third kappa shape index (κ3) is 5.19. The Morgan fingerprint density at radius 1 is 1.44 bits per heavy atom. The average Bonchev–Trinajstić information content (AvgIpc) is 2.35. The fraction of sp³-hybridized carbons (Fsp3) is 0.929. The number of carbonyl (C=O) groups excluding carboxylic acids is 1. The van der Waals surface area contributed by atoms with Crippen molar-refractivity contribution in [1.82, 2.24) is 10.2 Å². The van der Waals surface area contributed by atoms with Crippen LogP contribution in [0, 0.1) is 5.92 Å². The minimum absolute atomic E-state index is 0.0695. The summed E-state index contributed by atoms with van der Waals surface area (Å²) < 4.78 is 0. The maximum atomic E-state index is 11.7. The number of hydrogen-bond acceptors (Lipinski definition) is 3. The molecule has 106 valence electrons. The molecule has 0 radical (unpaired) electrons. The molecule has 3 nitrogen and oxygen atoms in total. The third-order valence-corrected chi connectivity index (χ3v) is 4.59. The zero-order valence-corrected chi connectivity index (χ0v) is 12.9. The van der Waals surface area contributed by atoms with Crippen LogP contribution < -0.4 is 5.32 Å². The highest BCUT2D eigenvalue weighted by atomic mass is 32.1. The van der Waals surface area contributed by atoms with Gasteiger partial charge in [0.25, 0.3) is 0 Å². The van der Waals surface area contributed by atoms with Gasteiger partial charge in [-0.15, -0.1) is 0 Å². The molecule has 0 aromatic carbocycles. The van der Waals surface area contributed by atoms with Gasteiger partial charge in [0.1, 0.15) is 0 Å². The average molecular weight is 272 g/mol. The minimum Gasteiger partial charge on any atom is -0.355 e. The first-order chi connectivity index (χ1) is 8.52. The summed E-state index contributed by atoms with van der Waals surface area (Å²) in [7, 11) is 0. The number of likely N-dealkylation sites (tertiary alicyclic amines) is 1. The second-order valence-electron chi connectivity index (χ2n) is 5.71. The van der Waals surface area contributed by atoms with Crippen LogP contribution in [-0.2, 0) is 4.79 Å². The normalized spacial score (nSPS) is 23.1. The van der Waals surface area contributed by atoms with Crippen LogP contribution in [0.2, 0.25) is 0 Å². The number of thiol groups is 1. The standard InChI is InChI=1S/C14H28N2OS/c1-11(2)13(18)14(17)15-8-6-10-16-9-5-4-7-12(16)3/h11-13,18H,4-10H2,1-3H3,(H,15,17). The molecular formula is C14H28N2OS. The Hall–Kier alpha value is -0.220. The summed E-state index contributed by atoms with van der Waals surface area (Å²) in [6.45, 7) is 9.43. The first-order valence-corrected chi connectivity index (χ1v) is 7.74. The van der Waals surface area contributed by atoms with Gasteiger partial charge in [0, 0.05) is 19.1 Å². The van der Waals surface area contributed by atoms with Crippen molar-refractivity contribution >= 4 is 18.5 Å². The number of carbonyl (C=O) groups is 1. The fourth-order valence-electron chi connectivity index (χ4n) is 2.39. The molecule has 0 saturated carbocycles. The molecule has 2 unspecified atom stereocenters. The molecule has 0 aromatic heterocycles. The van der Waals surface area contributed by atoms with Gasteiger partial charge in [-0.3, -0.25) is 4.79 Å². The number of amides is 1. The van der Waals surface area contributed by atoms with Gasteiger partial charge in [-0.2, -0.15) is 12.6 Å². The quantitative estimate of drug-likeness (QED) is 0.574. The second kappa shape index (κ2) is 8.05.